The molecule has 0 amide bonds. The zero-order valence-electron chi connectivity index (χ0n) is 14.9. The minimum absolute atomic E-state index is 0.457. The monoisotopic (exact) mass is 307 g/mol. The smallest absolute Gasteiger partial charge is 0.191 e. The molecule has 0 saturated heterocycles. The van der Waals surface area contributed by atoms with Gasteiger partial charge in [-0.05, 0) is 38.2 Å². The minimum atomic E-state index is 0.457. The first-order valence-electron chi connectivity index (χ1n) is 8.47. The Hall–Kier alpha value is -1.52. The van der Waals surface area contributed by atoms with Crippen LogP contribution in [-0.4, -0.2) is 35.4 Å². The molecule has 126 valence electrons. The lowest BCUT2D eigenvalue weighted by atomic mass is 10.0. The molecule has 22 heavy (non-hydrogen) atoms. The van der Waals surface area contributed by atoms with E-state index in [1.165, 1.54) is 24.8 Å². The largest absolute Gasteiger partial charge is 0.356 e. The summed E-state index contributed by atoms with van der Waals surface area (Å²) in [6, 6.07) is 0.457. The first kappa shape index (κ1) is 18.5. The molecule has 0 bridgehead atoms. The lowest BCUT2D eigenvalue weighted by molar-refractivity contribution is 0.490. The standard InChI is InChI=1S/C17H33N5/c1-14(2)8-6-9-16(4)21-17(18-5)19-10-7-11-22-13-15(3)12-20-22/h12-14,16H,6-11H2,1-5H3,(H2,18,19,21). The quantitative estimate of drug-likeness (QED) is 0.419. The fraction of sp³-hybridized carbons (Fsp3) is 0.765. The van der Waals surface area contributed by atoms with E-state index < -0.39 is 0 Å². The van der Waals surface area contributed by atoms with E-state index in [1.807, 2.05) is 17.9 Å². The summed E-state index contributed by atoms with van der Waals surface area (Å²) in [6.45, 7) is 10.7. The van der Waals surface area contributed by atoms with Gasteiger partial charge in [0.1, 0.15) is 0 Å². The maximum absolute atomic E-state index is 4.29. The van der Waals surface area contributed by atoms with Crippen molar-refractivity contribution in [3.63, 3.8) is 0 Å². The molecule has 1 rings (SSSR count). The molecule has 0 spiro atoms. The summed E-state index contributed by atoms with van der Waals surface area (Å²) in [7, 11) is 1.83. The highest BCUT2D eigenvalue weighted by Crippen LogP contribution is 2.08. The van der Waals surface area contributed by atoms with Gasteiger partial charge in [0, 0.05) is 32.4 Å². The third-order valence-corrected chi connectivity index (χ3v) is 3.64. The molecule has 0 aliphatic carbocycles. The van der Waals surface area contributed by atoms with Gasteiger partial charge in [0.15, 0.2) is 5.96 Å². The number of hydrogen-bond acceptors (Lipinski definition) is 2. The van der Waals surface area contributed by atoms with Crippen LogP contribution in [0.1, 0.15) is 52.0 Å². The summed E-state index contributed by atoms with van der Waals surface area (Å²) in [4.78, 5) is 4.29. The van der Waals surface area contributed by atoms with Crippen LogP contribution in [0.25, 0.3) is 0 Å². The van der Waals surface area contributed by atoms with Crippen LogP contribution in [0.15, 0.2) is 17.4 Å². The van der Waals surface area contributed by atoms with E-state index in [2.05, 4.69) is 54.6 Å². The molecule has 5 heteroatoms. The molecule has 0 fully saturated rings. The average molecular weight is 307 g/mol. The topological polar surface area (TPSA) is 54.2 Å². The number of nitrogens with zero attached hydrogens (tertiary/aromatic N) is 3. The van der Waals surface area contributed by atoms with E-state index >= 15 is 0 Å². The third-order valence-electron chi connectivity index (χ3n) is 3.64. The summed E-state index contributed by atoms with van der Waals surface area (Å²) in [5, 5.41) is 11.1. The molecule has 0 aromatic carbocycles. The van der Waals surface area contributed by atoms with Crippen LogP contribution in [0.2, 0.25) is 0 Å². The van der Waals surface area contributed by atoms with Gasteiger partial charge in [-0.2, -0.15) is 5.10 Å². The summed E-state index contributed by atoms with van der Waals surface area (Å²) in [5.41, 5.74) is 1.21. The van der Waals surface area contributed by atoms with Crippen molar-refractivity contribution in [3.8, 4) is 0 Å². The third kappa shape index (κ3) is 8.05. The van der Waals surface area contributed by atoms with Crippen molar-refractivity contribution >= 4 is 5.96 Å². The summed E-state index contributed by atoms with van der Waals surface area (Å²) in [5.74, 6) is 1.68. The average Bonchev–Trinajstić information content (AvgIpc) is 2.87. The predicted molar refractivity (Wildman–Crippen MR) is 94.2 cm³/mol. The maximum Gasteiger partial charge on any atom is 0.191 e. The number of aryl methyl sites for hydroxylation is 2. The van der Waals surface area contributed by atoms with E-state index in [-0.39, 0.29) is 0 Å². The van der Waals surface area contributed by atoms with Crippen molar-refractivity contribution in [2.75, 3.05) is 13.6 Å². The van der Waals surface area contributed by atoms with Crippen LogP contribution in [0.5, 0.6) is 0 Å². The highest BCUT2D eigenvalue weighted by Gasteiger charge is 2.05. The molecule has 1 atom stereocenters. The highest BCUT2D eigenvalue weighted by atomic mass is 15.3. The second-order valence-corrected chi connectivity index (χ2v) is 6.50. The Bertz CT molecular complexity index is 436. The second kappa shape index (κ2) is 10.2. The fourth-order valence-corrected chi connectivity index (χ4v) is 2.37. The van der Waals surface area contributed by atoms with Gasteiger partial charge in [0.25, 0.3) is 0 Å². The molecule has 1 unspecified atom stereocenters. The Morgan fingerprint density at radius 2 is 2.05 bits per heavy atom. The molecular weight excluding hydrogens is 274 g/mol. The molecule has 0 aliphatic rings. The fourth-order valence-electron chi connectivity index (χ4n) is 2.37. The summed E-state index contributed by atoms with van der Waals surface area (Å²) < 4.78 is 1.99. The van der Waals surface area contributed by atoms with Gasteiger partial charge in [-0.3, -0.25) is 9.67 Å². The summed E-state index contributed by atoms with van der Waals surface area (Å²) >= 11 is 0. The number of hydrogen-bond donors (Lipinski definition) is 2. The lowest BCUT2D eigenvalue weighted by Crippen LogP contribution is -2.42. The van der Waals surface area contributed by atoms with Crippen molar-refractivity contribution in [1.82, 2.24) is 20.4 Å². The number of nitrogens with one attached hydrogen (secondary N) is 2. The van der Waals surface area contributed by atoms with Gasteiger partial charge in [-0.25, -0.2) is 0 Å². The first-order valence-corrected chi connectivity index (χ1v) is 8.47. The van der Waals surface area contributed by atoms with E-state index in [9.17, 15) is 0 Å². The van der Waals surface area contributed by atoms with Crippen molar-refractivity contribution < 1.29 is 0 Å². The Labute approximate surface area is 135 Å². The van der Waals surface area contributed by atoms with Crippen molar-refractivity contribution in [2.24, 2.45) is 10.9 Å². The van der Waals surface area contributed by atoms with Gasteiger partial charge in [-0.15, -0.1) is 0 Å². The lowest BCUT2D eigenvalue weighted by Gasteiger charge is -2.18. The predicted octanol–water partition coefficient (Wildman–Crippen LogP) is 2.96. The van der Waals surface area contributed by atoms with E-state index in [4.69, 9.17) is 0 Å². The zero-order valence-corrected chi connectivity index (χ0v) is 14.9. The van der Waals surface area contributed by atoms with Crippen molar-refractivity contribution in [3.05, 3.63) is 18.0 Å². The molecule has 5 nitrogen and oxygen atoms in total. The van der Waals surface area contributed by atoms with Crippen LogP contribution in [0, 0.1) is 12.8 Å². The Balaban J connectivity index is 2.16. The number of aliphatic imine (C=N–C) groups is 1. The molecule has 1 heterocycles. The Kier molecular flexibility index (Phi) is 8.63. The molecule has 1 aromatic heterocycles. The number of aromatic nitrogens is 2. The van der Waals surface area contributed by atoms with Gasteiger partial charge < -0.3 is 10.6 Å². The molecule has 0 radical (unpaired) electrons. The SMILES string of the molecule is CN=C(NCCCn1cc(C)cn1)NC(C)CCCC(C)C. The molecule has 2 N–H and O–H groups in total. The Morgan fingerprint density at radius 1 is 1.27 bits per heavy atom. The molecular formula is C17H33N5. The Morgan fingerprint density at radius 3 is 2.64 bits per heavy atom. The van der Waals surface area contributed by atoms with Crippen LogP contribution in [0.3, 0.4) is 0 Å². The maximum atomic E-state index is 4.29. The normalized spacial score (nSPS) is 13.5. The van der Waals surface area contributed by atoms with Crippen LogP contribution >= 0.6 is 0 Å². The number of guanidine groups is 1. The van der Waals surface area contributed by atoms with Crippen LogP contribution < -0.4 is 10.6 Å². The number of rotatable bonds is 9. The van der Waals surface area contributed by atoms with Crippen molar-refractivity contribution in [2.45, 2.75) is 66.0 Å². The van der Waals surface area contributed by atoms with Gasteiger partial charge in [-0.1, -0.05) is 26.7 Å². The first-order chi connectivity index (χ1) is 10.5. The van der Waals surface area contributed by atoms with Gasteiger partial charge in [0.2, 0.25) is 0 Å². The van der Waals surface area contributed by atoms with E-state index in [1.54, 1.807) is 0 Å². The van der Waals surface area contributed by atoms with Crippen molar-refractivity contribution in [1.29, 1.82) is 0 Å². The highest BCUT2D eigenvalue weighted by molar-refractivity contribution is 5.79. The van der Waals surface area contributed by atoms with E-state index in [0.717, 1.165) is 31.4 Å². The minimum Gasteiger partial charge on any atom is -0.356 e. The van der Waals surface area contributed by atoms with Gasteiger partial charge in [0.05, 0.1) is 6.20 Å². The molecule has 0 saturated carbocycles. The van der Waals surface area contributed by atoms with Crippen LogP contribution in [0.4, 0.5) is 0 Å². The summed E-state index contributed by atoms with van der Waals surface area (Å²) in [6.07, 6.45) is 8.74. The zero-order chi connectivity index (χ0) is 16.4. The van der Waals surface area contributed by atoms with Gasteiger partial charge >= 0.3 is 0 Å². The second-order valence-electron chi connectivity index (χ2n) is 6.50. The molecule has 0 aliphatic heterocycles. The molecule has 1 aromatic rings. The van der Waals surface area contributed by atoms with Crippen LogP contribution in [-0.2, 0) is 6.54 Å². The van der Waals surface area contributed by atoms with E-state index in [0.29, 0.717) is 6.04 Å².